The lowest BCUT2D eigenvalue weighted by Gasteiger charge is -2.04. The molecule has 0 aliphatic heterocycles. The Hall–Kier alpha value is -1.69. The molecule has 0 bridgehead atoms. The summed E-state index contributed by atoms with van der Waals surface area (Å²) < 4.78 is 7.19. The largest absolute Gasteiger partial charge is 0.474 e. The fourth-order valence-corrected chi connectivity index (χ4v) is 1.09. The molecule has 14 heavy (non-hydrogen) atoms. The van der Waals surface area contributed by atoms with E-state index in [2.05, 4.69) is 20.5 Å². The Bertz CT molecular complexity index is 413. The average molecular weight is 193 g/mol. The number of aromatic nitrogens is 4. The van der Waals surface area contributed by atoms with E-state index >= 15 is 0 Å². The van der Waals surface area contributed by atoms with Crippen molar-refractivity contribution in [1.29, 1.82) is 0 Å². The number of rotatable bonds is 4. The molecule has 74 valence electrons. The quantitative estimate of drug-likeness (QED) is 0.677. The van der Waals surface area contributed by atoms with Gasteiger partial charge in [-0.3, -0.25) is 4.40 Å². The molecule has 0 saturated carbocycles. The summed E-state index contributed by atoms with van der Waals surface area (Å²) in [5.74, 6) is 0.514. The molecule has 1 N–H and O–H groups in total. The van der Waals surface area contributed by atoms with E-state index < -0.39 is 0 Å². The van der Waals surface area contributed by atoms with E-state index in [1.807, 2.05) is 7.05 Å². The van der Waals surface area contributed by atoms with Crippen LogP contribution in [0.15, 0.2) is 18.7 Å². The molecule has 0 atom stereocenters. The van der Waals surface area contributed by atoms with Crippen LogP contribution < -0.4 is 10.1 Å². The molecule has 0 fully saturated rings. The zero-order valence-electron chi connectivity index (χ0n) is 7.84. The molecule has 2 heterocycles. The van der Waals surface area contributed by atoms with Gasteiger partial charge in [0.15, 0.2) is 0 Å². The number of nitrogens with zero attached hydrogens (tertiary/aromatic N) is 4. The van der Waals surface area contributed by atoms with Gasteiger partial charge in [-0.25, -0.2) is 4.98 Å². The Labute approximate surface area is 80.9 Å². The van der Waals surface area contributed by atoms with Crippen LogP contribution in [0.4, 0.5) is 0 Å². The summed E-state index contributed by atoms with van der Waals surface area (Å²) in [5, 5.41) is 10.7. The van der Waals surface area contributed by atoms with Gasteiger partial charge >= 0.3 is 0 Å². The van der Waals surface area contributed by atoms with Crippen molar-refractivity contribution in [3.8, 4) is 5.88 Å². The average Bonchev–Trinajstić information content (AvgIpc) is 2.67. The van der Waals surface area contributed by atoms with Gasteiger partial charge in [-0.05, 0) is 7.05 Å². The molecule has 6 nitrogen and oxygen atoms in total. The molecule has 2 aromatic heterocycles. The molecule has 0 radical (unpaired) electrons. The first-order valence-electron chi connectivity index (χ1n) is 4.33. The summed E-state index contributed by atoms with van der Waals surface area (Å²) in [7, 11) is 1.87. The molecule has 0 spiro atoms. The second-order valence-corrected chi connectivity index (χ2v) is 2.75. The lowest BCUT2D eigenvalue weighted by molar-refractivity contribution is 0.308. The van der Waals surface area contributed by atoms with E-state index in [1.54, 1.807) is 23.1 Å². The topological polar surface area (TPSA) is 64.3 Å². The van der Waals surface area contributed by atoms with Gasteiger partial charge in [0.2, 0.25) is 5.65 Å². The summed E-state index contributed by atoms with van der Waals surface area (Å²) in [4.78, 5) is 4.08. The van der Waals surface area contributed by atoms with Gasteiger partial charge in [-0.15, -0.1) is 10.2 Å². The maximum Gasteiger partial charge on any atom is 0.260 e. The van der Waals surface area contributed by atoms with Crippen molar-refractivity contribution in [2.24, 2.45) is 0 Å². The Morgan fingerprint density at radius 1 is 1.57 bits per heavy atom. The summed E-state index contributed by atoms with van der Waals surface area (Å²) in [5.41, 5.74) is 0.642. The maximum absolute atomic E-state index is 5.42. The van der Waals surface area contributed by atoms with Crippen molar-refractivity contribution in [3.63, 3.8) is 0 Å². The molecule has 0 aliphatic rings. The summed E-state index contributed by atoms with van der Waals surface area (Å²) in [6, 6.07) is 0. The predicted octanol–water partition coefficient (Wildman–Crippen LogP) is -0.278. The lowest BCUT2D eigenvalue weighted by atomic mass is 10.6. The maximum atomic E-state index is 5.42. The molecule has 0 unspecified atom stereocenters. The van der Waals surface area contributed by atoms with Gasteiger partial charge in [0.05, 0.1) is 0 Å². The third-order valence-corrected chi connectivity index (χ3v) is 1.77. The molecular formula is C8H11N5O. The molecule has 2 rings (SSSR count). The Balaban J connectivity index is 2.19. The molecule has 2 aromatic rings. The van der Waals surface area contributed by atoms with E-state index in [-0.39, 0.29) is 0 Å². The van der Waals surface area contributed by atoms with Crippen LogP contribution in [0.3, 0.4) is 0 Å². The highest BCUT2D eigenvalue weighted by atomic mass is 16.5. The summed E-state index contributed by atoms with van der Waals surface area (Å²) in [6.45, 7) is 1.34. The van der Waals surface area contributed by atoms with Crippen molar-refractivity contribution in [2.75, 3.05) is 20.2 Å². The van der Waals surface area contributed by atoms with Gasteiger partial charge < -0.3 is 10.1 Å². The Kier molecular flexibility index (Phi) is 2.55. The van der Waals surface area contributed by atoms with Gasteiger partial charge in [0, 0.05) is 18.9 Å². The van der Waals surface area contributed by atoms with Crippen LogP contribution in [0.1, 0.15) is 0 Å². The third-order valence-electron chi connectivity index (χ3n) is 1.77. The van der Waals surface area contributed by atoms with Gasteiger partial charge in [-0.1, -0.05) is 0 Å². The van der Waals surface area contributed by atoms with Crippen LogP contribution in [-0.4, -0.2) is 39.8 Å². The first kappa shape index (κ1) is 8.89. The van der Waals surface area contributed by atoms with E-state index in [1.165, 1.54) is 0 Å². The lowest BCUT2D eigenvalue weighted by Crippen LogP contribution is -2.16. The van der Waals surface area contributed by atoms with Crippen LogP contribution in [0.25, 0.3) is 5.65 Å². The summed E-state index contributed by atoms with van der Waals surface area (Å²) >= 11 is 0. The molecule has 0 amide bonds. The molecule has 0 aromatic carbocycles. The van der Waals surface area contributed by atoms with Crippen LogP contribution in [-0.2, 0) is 0 Å². The normalized spacial score (nSPS) is 10.6. The molecule has 6 heteroatoms. The monoisotopic (exact) mass is 193 g/mol. The summed E-state index contributed by atoms with van der Waals surface area (Å²) in [6.07, 6.45) is 5.05. The number of hydrogen-bond donors (Lipinski definition) is 1. The second-order valence-electron chi connectivity index (χ2n) is 2.75. The first-order chi connectivity index (χ1) is 6.92. The smallest absolute Gasteiger partial charge is 0.260 e. The number of hydrogen-bond acceptors (Lipinski definition) is 5. The third kappa shape index (κ3) is 1.64. The van der Waals surface area contributed by atoms with Crippen molar-refractivity contribution in [1.82, 2.24) is 24.9 Å². The van der Waals surface area contributed by atoms with Crippen LogP contribution in [0.2, 0.25) is 0 Å². The highest BCUT2D eigenvalue weighted by Crippen LogP contribution is 2.11. The van der Waals surface area contributed by atoms with E-state index in [4.69, 9.17) is 4.74 Å². The van der Waals surface area contributed by atoms with E-state index in [0.717, 1.165) is 6.54 Å². The molecular weight excluding hydrogens is 182 g/mol. The fourth-order valence-electron chi connectivity index (χ4n) is 1.09. The van der Waals surface area contributed by atoms with E-state index in [9.17, 15) is 0 Å². The van der Waals surface area contributed by atoms with Crippen LogP contribution >= 0.6 is 0 Å². The second kappa shape index (κ2) is 4.01. The number of nitrogens with one attached hydrogen (secondary N) is 1. The molecule has 0 saturated heterocycles. The van der Waals surface area contributed by atoms with Gasteiger partial charge in [0.1, 0.15) is 12.9 Å². The molecule has 0 aliphatic carbocycles. The van der Waals surface area contributed by atoms with Crippen LogP contribution in [0.5, 0.6) is 5.88 Å². The van der Waals surface area contributed by atoms with Gasteiger partial charge in [-0.2, -0.15) is 0 Å². The minimum absolute atomic E-state index is 0.514. The van der Waals surface area contributed by atoms with Crippen LogP contribution in [0, 0.1) is 0 Å². The zero-order chi connectivity index (χ0) is 9.80. The Morgan fingerprint density at radius 3 is 3.36 bits per heavy atom. The highest BCUT2D eigenvalue weighted by molar-refractivity contribution is 5.47. The highest BCUT2D eigenvalue weighted by Gasteiger charge is 2.04. The van der Waals surface area contributed by atoms with E-state index in [0.29, 0.717) is 18.1 Å². The minimum atomic E-state index is 0.514. The number of likely N-dealkylation sites (N-methyl/N-ethyl adjacent to an activating group) is 1. The zero-order valence-corrected chi connectivity index (χ0v) is 7.84. The number of fused-ring (bicyclic) bond motifs is 1. The van der Waals surface area contributed by atoms with Gasteiger partial charge in [0.25, 0.3) is 5.88 Å². The number of ether oxygens (including phenoxy) is 1. The standard InChI is InChI=1S/C8H11N5O/c1-9-3-5-14-8-7-12-11-6-13(7)4-2-10-8/h2,4,6,9H,3,5H2,1H3. The van der Waals surface area contributed by atoms with Crippen molar-refractivity contribution in [2.45, 2.75) is 0 Å². The fraction of sp³-hybridized carbons (Fsp3) is 0.375. The van der Waals surface area contributed by atoms with Crippen molar-refractivity contribution in [3.05, 3.63) is 18.7 Å². The van der Waals surface area contributed by atoms with Crippen molar-refractivity contribution < 1.29 is 4.74 Å². The predicted molar refractivity (Wildman–Crippen MR) is 50.2 cm³/mol. The SMILES string of the molecule is CNCCOc1nccn2cnnc12. The van der Waals surface area contributed by atoms with Crippen molar-refractivity contribution >= 4 is 5.65 Å². The first-order valence-corrected chi connectivity index (χ1v) is 4.33. The Morgan fingerprint density at radius 2 is 2.50 bits per heavy atom. The minimum Gasteiger partial charge on any atom is -0.474 e.